The van der Waals surface area contributed by atoms with E-state index < -0.39 is 0 Å². The first kappa shape index (κ1) is 12.8. The van der Waals surface area contributed by atoms with Crippen LogP contribution in [0.1, 0.15) is 56.2 Å². The van der Waals surface area contributed by atoms with Crippen molar-refractivity contribution in [2.24, 2.45) is 0 Å². The highest BCUT2D eigenvalue weighted by Gasteiger charge is 2.14. The zero-order valence-electron chi connectivity index (χ0n) is 11.4. The lowest BCUT2D eigenvalue weighted by molar-refractivity contribution is 0.300. The fourth-order valence-corrected chi connectivity index (χ4v) is 2.09. The Morgan fingerprint density at radius 1 is 1.28 bits per heavy atom. The summed E-state index contributed by atoms with van der Waals surface area (Å²) in [6.45, 7) is 8.48. The fourth-order valence-electron chi connectivity index (χ4n) is 2.09. The first-order chi connectivity index (χ1) is 8.59. The van der Waals surface area contributed by atoms with E-state index in [1.807, 2.05) is 13.1 Å². The summed E-state index contributed by atoms with van der Waals surface area (Å²) >= 11 is 0. The van der Waals surface area contributed by atoms with Crippen LogP contribution in [0, 0.1) is 6.92 Å². The normalized spacial score (nSPS) is 13.2. The van der Waals surface area contributed by atoms with Gasteiger partial charge in [0.15, 0.2) is 0 Å². The Morgan fingerprint density at radius 2 is 2.06 bits per heavy atom. The Hall–Kier alpha value is -1.65. The third kappa shape index (κ3) is 2.60. The Kier molecular flexibility index (Phi) is 3.79. The molecule has 5 nitrogen and oxygen atoms in total. The van der Waals surface area contributed by atoms with Crippen molar-refractivity contribution < 1.29 is 4.63 Å². The van der Waals surface area contributed by atoms with Crippen molar-refractivity contribution in [1.82, 2.24) is 20.1 Å². The molecule has 5 heteroatoms. The van der Waals surface area contributed by atoms with Crippen LogP contribution in [0.15, 0.2) is 16.9 Å². The van der Waals surface area contributed by atoms with Gasteiger partial charge in [-0.3, -0.25) is 4.68 Å². The molecule has 2 aromatic heterocycles. The fraction of sp³-hybridized carbons (Fsp3) is 0.615. The molecule has 18 heavy (non-hydrogen) atoms. The van der Waals surface area contributed by atoms with Crippen LogP contribution in [0.2, 0.25) is 0 Å². The molecule has 0 saturated heterocycles. The second-order valence-corrected chi connectivity index (χ2v) is 5.04. The molecule has 0 amide bonds. The summed E-state index contributed by atoms with van der Waals surface area (Å²) < 4.78 is 6.81. The standard InChI is InChI=1S/C13H20N4O/c1-9(2)13-7-8-14-17(13)10(3)5-6-12-11(4)15-18-16-12/h7-10H,5-6H2,1-4H3. The third-order valence-corrected chi connectivity index (χ3v) is 3.26. The average molecular weight is 248 g/mol. The largest absolute Gasteiger partial charge is 0.267 e. The molecule has 1 atom stereocenters. The van der Waals surface area contributed by atoms with E-state index in [0.29, 0.717) is 12.0 Å². The minimum absolute atomic E-state index is 0.355. The lowest BCUT2D eigenvalue weighted by Gasteiger charge is -2.17. The monoisotopic (exact) mass is 248 g/mol. The number of aromatic nitrogens is 4. The maximum absolute atomic E-state index is 4.71. The summed E-state index contributed by atoms with van der Waals surface area (Å²) in [6, 6.07) is 2.44. The van der Waals surface area contributed by atoms with E-state index >= 15 is 0 Å². The van der Waals surface area contributed by atoms with Crippen LogP contribution in [0.3, 0.4) is 0 Å². The average Bonchev–Trinajstić information content (AvgIpc) is 2.94. The van der Waals surface area contributed by atoms with Gasteiger partial charge in [-0.25, -0.2) is 4.63 Å². The number of hydrogen-bond acceptors (Lipinski definition) is 4. The molecule has 0 spiro atoms. The molecular formula is C13H20N4O. The second-order valence-electron chi connectivity index (χ2n) is 5.04. The molecule has 0 fully saturated rings. The number of aryl methyl sites for hydroxylation is 2. The van der Waals surface area contributed by atoms with Crippen molar-refractivity contribution >= 4 is 0 Å². The van der Waals surface area contributed by atoms with Gasteiger partial charge in [0.2, 0.25) is 0 Å². The topological polar surface area (TPSA) is 56.7 Å². The van der Waals surface area contributed by atoms with Gasteiger partial charge in [-0.1, -0.05) is 24.2 Å². The quantitative estimate of drug-likeness (QED) is 0.816. The maximum Gasteiger partial charge on any atom is 0.108 e. The molecule has 2 rings (SSSR count). The van der Waals surface area contributed by atoms with Gasteiger partial charge in [0.1, 0.15) is 11.4 Å². The highest BCUT2D eigenvalue weighted by atomic mass is 16.6. The van der Waals surface area contributed by atoms with E-state index in [9.17, 15) is 0 Å². The minimum atomic E-state index is 0.355. The third-order valence-electron chi connectivity index (χ3n) is 3.26. The van der Waals surface area contributed by atoms with Gasteiger partial charge in [-0.2, -0.15) is 5.10 Å². The van der Waals surface area contributed by atoms with Crippen molar-refractivity contribution in [2.45, 2.75) is 52.5 Å². The van der Waals surface area contributed by atoms with Crippen LogP contribution in [0.25, 0.3) is 0 Å². The summed E-state index contributed by atoms with van der Waals surface area (Å²) in [5.41, 5.74) is 3.10. The molecule has 2 aromatic rings. The van der Waals surface area contributed by atoms with Gasteiger partial charge in [0, 0.05) is 17.9 Å². The van der Waals surface area contributed by atoms with Crippen molar-refractivity contribution in [3.8, 4) is 0 Å². The molecule has 0 aliphatic carbocycles. The predicted octanol–water partition coefficient (Wildman–Crippen LogP) is 2.89. The van der Waals surface area contributed by atoms with Gasteiger partial charge in [0.05, 0.1) is 0 Å². The lowest BCUT2D eigenvalue weighted by Crippen LogP contribution is -2.12. The zero-order valence-corrected chi connectivity index (χ0v) is 11.4. The first-order valence-electron chi connectivity index (χ1n) is 6.41. The number of hydrogen-bond donors (Lipinski definition) is 0. The highest BCUT2D eigenvalue weighted by molar-refractivity contribution is 5.08. The molecule has 1 unspecified atom stereocenters. The zero-order chi connectivity index (χ0) is 13.1. The van der Waals surface area contributed by atoms with E-state index in [1.165, 1.54) is 5.69 Å². The number of nitrogens with zero attached hydrogens (tertiary/aromatic N) is 4. The van der Waals surface area contributed by atoms with Gasteiger partial charge in [0.25, 0.3) is 0 Å². The Labute approximate surface area is 107 Å². The number of rotatable bonds is 5. The smallest absolute Gasteiger partial charge is 0.108 e. The van der Waals surface area contributed by atoms with Gasteiger partial charge in [-0.15, -0.1) is 0 Å². The van der Waals surface area contributed by atoms with Gasteiger partial charge < -0.3 is 0 Å². The Balaban J connectivity index is 2.01. The molecule has 0 aromatic carbocycles. The molecular weight excluding hydrogens is 228 g/mol. The van der Waals surface area contributed by atoms with E-state index in [0.717, 1.165) is 24.2 Å². The maximum atomic E-state index is 4.71. The molecule has 0 N–H and O–H groups in total. The van der Waals surface area contributed by atoms with Crippen molar-refractivity contribution in [3.05, 3.63) is 29.3 Å². The Bertz CT molecular complexity index is 501. The van der Waals surface area contributed by atoms with E-state index in [4.69, 9.17) is 4.63 Å². The molecule has 0 aliphatic heterocycles. The van der Waals surface area contributed by atoms with Crippen LogP contribution in [-0.2, 0) is 6.42 Å². The van der Waals surface area contributed by atoms with Crippen molar-refractivity contribution in [1.29, 1.82) is 0 Å². The molecule has 98 valence electrons. The minimum Gasteiger partial charge on any atom is -0.267 e. The predicted molar refractivity (Wildman–Crippen MR) is 68.4 cm³/mol. The van der Waals surface area contributed by atoms with Crippen molar-refractivity contribution in [3.63, 3.8) is 0 Å². The molecule has 0 saturated carbocycles. The van der Waals surface area contributed by atoms with Crippen LogP contribution < -0.4 is 0 Å². The summed E-state index contributed by atoms with van der Waals surface area (Å²) in [6.07, 6.45) is 3.72. The summed E-state index contributed by atoms with van der Waals surface area (Å²) in [5, 5.41) is 12.1. The molecule has 0 bridgehead atoms. The first-order valence-corrected chi connectivity index (χ1v) is 6.41. The molecule has 0 aliphatic rings. The van der Waals surface area contributed by atoms with Crippen LogP contribution in [0.5, 0.6) is 0 Å². The Morgan fingerprint density at radius 3 is 2.67 bits per heavy atom. The molecule has 2 heterocycles. The summed E-state index contributed by atoms with van der Waals surface area (Å²) in [4.78, 5) is 0. The van der Waals surface area contributed by atoms with Gasteiger partial charge >= 0.3 is 0 Å². The summed E-state index contributed by atoms with van der Waals surface area (Å²) in [5.74, 6) is 0.491. The van der Waals surface area contributed by atoms with Gasteiger partial charge in [-0.05, 0) is 38.7 Å². The van der Waals surface area contributed by atoms with Crippen LogP contribution in [-0.4, -0.2) is 20.1 Å². The van der Waals surface area contributed by atoms with Crippen LogP contribution in [0.4, 0.5) is 0 Å². The second kappa shape index (κ2) is 5.33. The molecule has 0 radical (unpaired) electrons. The van der Waals surface area contributed by atoms with E-state index in [-0.39, 0.29) is 0 Å². The SMILES string of the molecule is Cc1nonc1CCC(C)n1nccc1C(C)C. The highest BCUT2D eigenvalue weighted by Crippen LogP contribution is 2.21. The van der Waals surface area contributed by atoms with E-state index in [2.05, 4.69) is 46.9 Å². The van der Waals surface area contributed by atoms with E-state index in [1.54, 1.807) is 0 Å². The van der Waals surface area contributed by atoms with Crippen molar-refractivity contribution in [2.75, 3.05) is 0 Å². The summed E-state index contributed by atoms with van der Waals surface area (Å²) in [7, 11) is 0. The van der Waals surface area contributed by atoms with Crippen LogP contribution >= 0.6 is 0 Å². The lowest BCUT2D eigenvalue weighted by atomic mass is 10.1.